The maximum Gasteiger partial charge on any atom is 0.227 e. The Morgan fingerprint density at radius 1 is 0.750 bits per heavy atom. The number of fused-ring (bicyclic) bond motifs is 1. The van der Waals surface area contributed by atoms with Crippen molar-refractivity contribution >= 4 is 59.1 Å². The number of nitrogens with zero attached hydrogens (tertiary/aromatic N) is 3. The van der Waals surface area contributed by atoms with E-state index in [9.17, 15) is 4.79 Å². The number of amides is 1. The number of nitrogen functional groups attached to an aromatic ring is 2. The number of anilines is 1. The minimum absolute atomic E-state index is 0. The van der Waals surface area contributed by atoms with E-state index < -0.39 is 0 Å². The van der Waals surface area contributed by atoms with Gasteiger partial charge in [-0.1, -0.05) is 78.9 Å². The lowest BCUT2D eigenvalue weighted by atomic mass is 10.1. The number of amidine groups is 2. The second-order valence-corrected chi connectivity index (χ2v) is 10.4. The van der Waals surface area contributed by atoms with Gasteiger partial charge in [0.1, 0.15) is 17.5 Å². The molecule has 0 fully saturated rings. The summed E-state index contributed by atoms with van der Waals surface area (Å²) < 4.78 is 2.11. The number of halogens is 2. The average Bonchev–Trinajstić information content (AvgIpc) is 3.32. The van der Waals surface area contributed by atoms with Gasteiger partial charge in [0, 0.05) is 36.7 Å². The Hall–Kier alpha value is -4.66. The van der Waals surface area contributed by atoms with Crippen molar-refractivity contribution in [2.24, 2.45) is 18.5 Å². The number of nitrogens with one attached hydrogen (secondary N) is 2. The Morgan fingerprint density at radius 3 is 1.89 bits per heavy atom. The first-order valence-corrected chi connectivity index (χ1v) is 13.9. The molecule has 0 radical (unpaired) electrons. The van der Waals surface area contributed by atoms with Crippen LogP contribution in [0.1, 0.15) is 40.1 Å². The first-order valence-electron chi connectivity index (χ1n) is 13.9. The van der Waals surface area contributed by atoms with Crippen LogP contribution in [0, 0.1) is 10.8 Å². The van der Waals surface area contributed by atoms with Crippen molar-refractivity contribution in [3.05, 3.63) is 131 Å². The number of carbonyl (C=O) groups is 1. The van der Waals surface area contributed by atoms with Gasteiger partial charge in [-0.25, -0.2) is 4.98 Å². The standard InChI is InChI=1S/C34H35N7O.2ClH/c1-40-30-18-17-28(21-29(30)39-31(40)19-11-23-7-13-26(14-8-23)33(35)36)41(22-25-5-3-2-4-6-25)32(42)20-12-24-9-15-27(16-10-24)34(37)38;;/h2-10,13-18,21H,11-12,19-20,22H2,1H3,(H3,35,36)(H3,37,38);2*1H. The average molecular weight is 631 g/mol. The molecule has 0 aliphatic rings. The monoisotopic (exact) mass is 629 g/mol. The van der Waals surface area contributed by atoms with Crippen molar-refractivity contribution in [2.75, 3.05) is 4.90 Å². The lowest BCUT2D eigenvalue weighted by Crippen LogP contribution is -2.30. The topological polar surface area (TPSA) is 138 Å². The molecule has 8 nitrogen and oxygen atoms in total. The van der Waals surface area contributed by atoms with Crippen molar-refractivity contribution in [3.8, 4) is 0 Å². The Kier molecular flexibility index (Phi) is 11.7. The summed E-state index contributed by atoms with van der Waals surface area (Å²) in [7, 11) is 2.02. The van der Waals surface area contributed by atoms with Crippen molar-refractivity contribution in [1.82, 2.24) is 9.55 Å². The molecule has 0 aliphatic heterocycles. The number of aromatic nitrogens is 2. The van der Waals surface area contributed by atoms with Crippen molar-refractivity contribution in [3.63, 3.8) is 0 Å². The van der Waals surface area contributed by atoms with E-state index in [1.807, 2.05) is 109 Å². The molecule has 4 aromatic carbocycles. The maximum absolute atomic E-state index is 13.7. The summed E-state index contributed by atoms with van der Waals surface area (Å²) in [6.07, 6.45) is 2.51. The van der Waals surface area contributed by atoms with Crippen molar-refractivity contribution in [1.29, 1.82) is 10.8 Å². The summed E-state index contributed by atoms with van der Waals surface area (Å²) in [5.41, 5.74) is 18.4. The number of hydrogen-bond donors (Lipinski definition) is 4. The number of carbonyl (C=O) groups excluding carboxylic acids is 1. The van der Waals surface area contributed by atoms with Crippen LogP contribution < -0.4 is 16.4 Å². The lowest BCUT2D eigenvalue weighted by molar-refractivity contribution is -0.118. The predicted octanol–water partition coefficient (Wildman–Crippen LogP) is 5.94. The largest absolute Gasteiger partial charge is 0.384 e. The second kappa shape index (κ2) is 15.2. The summed E-state index contributed by atoms with van der Waals surface area (Å²) in [4.78, 5) is 20.4. The summed E-state index contributed by atoms with van der Waals surface area (Å²) in [5, 5.41) is 15.2. The lowest BCUT2D eigenvalue weighted by Gasteiger charge is -2.23. The van der Waals surface area contributed by atoms with Gasteiger partial charge in [0.15, 0.2) is 0 Å². The molecule has 0 spiro atoms. The Bertz CT molecular complexity index is 1730. The van der Waals surface area contributed by atoms with Gasteiger partial charge < -0.3 is 20.9 Å². The third-order valence-corrected chi connectivity index (χ3v) is 7.55. The SMILES string of the molecule is Cl.Cl.Cn1c(CCc2ccc(C(=N)N)cc2)nc2cc(N(Cc3ccccc3)C(=O)CCc3ccc(C(=N)N)cc3)ccc21. The molecule has 0 aliphatic carbocycles. The van der Waals surface area contributed by atoms with E-state index in [4.69, 9.17) is 27.3 Å². The summed E-state index contributed by atoms with van der Waals surface area (Å²) in [6, 6.07) is 31.3. The molecule has 1 amide bonds. The number of aryl methyl sites for hydroxylation is 4. The van der Waals surface area contributed by atoms with E-state index in [0.29, 0.717) is 24.9 Å². The normalized spacial score (nSPS) is 10.5. The molecule has 1 aromatic heterocycles. The van der Waals surface area contributed by atoms with Crippen LogP contribution in [0.2, 0.25) is 0 Å². The second-order valence-electron chi connectivity index (χ2n) is 10.4. The Labute approximate surface area is 269 Å². The molecule has 0 saturated carbocycles. The zero-order chi connectivity index (χ0) is 29.6. The van der Waals surface area contributed by atoms with Crippen LogP contribution in [-0.4, -0.2) is 27.1 Å². The number of rotatable bonds is 11. The molecular formula is C34H37Cl2N7O. The van der Waals surface area contributed by atoms with Crippen molar-refractivity contribution < 1.29 is 4.79 Å². The van der Waals surface area contributed by atoms with Gasteiger partial charge in [0.25, 0.3) is 0 Å². The zero-order valence-electron chi connectivity index (χ0n) is 24.5. The molecule has 228 valence electrons. The van der Waals surface area contributed by atoms with Crippen LogP contribution in [0.5, 0.6) is 0 Å². The molecular weight excluding hydrogens is 593 g/mol. The first-order chi connectivity index (χ1) is 20.3. The Balaban J connectivity index is 0.00000264. The number of hydrogen-bond acceptors (Lipinski definition) is 4. The third kappa shape index (κ3) is 8.03. The molecule has 0 bridgehead atoms. The van der Waals surface area contributed by atoms with Crippen LogP contribution in [0.25, 0.3) is 11.0 Å². The maximum atomic E-state index is 13.7. The van der Waals surface area contributed by atoms with E-state index >= 15 is 0 Å². The number of benzene rings is 4. The van der Waals surface area contributed by atoms with Crippen LogP contribution in [0.3, 0.4) is 0 Å². The zero-order valence-corrected chi connectivity index (χ0v) is 26.1. The summed E-state index contributed by atoms with van der Waals surface area (Å²) in [5.74, 6) is 1.09. The quantitative estimate of drug-likeness (QED) is 0.106. The molecule has 0 unspecified atom stereocenters. The van der Waals surface area contributed by atoms with E-state index in [2.05, 4.69) is 4.57 Å². The molecule has 5 rings (SSSR count). The first kappa shape index (κ1) is 33.8. The van der Waals surface area contributed by atoms with Crippen LogP contribution in [-0.2, 0) is 37.6 Å². The van der Waals surface area contributed by atoms with Gasteiger partial charge >= 0.3 is 0 Å². The number of imidazole rings is 1. The molecule has 1 heterocycles. The minimum Gasteiger partial charge on any atom is -0.384 e. The molecule has 44 heavy (non-hydrogen) atoms. The van der Waals surface area contributed by atoms with E-state index in [0.717, 1.165) is 57.6 Å². The highest BCUT2D eigenvalue weighted by molar-refractivity contribution is 5.96. The van der Waals surface area contributed by atoms with Gasteiger partial charge in [-0.2, -0.15) is 0 Å². The van der Waals surface area contributed by atoms with Crippen LogP contribution in [0.15, 0.2) is 97.1 Å². The predicted molar refractivity (Wildman–Crippen MR) is 183 cm³/mol. The van der Waals surface area contributed by atoms with Crippen LogP contribution >= 0.6 is 24.8 Å². The Morgan fingerprint density at radius 2 is 1.32 bits per heavy atom. The third-order valence-electron chi connectivity index (χ3n) is 7.55. The molecule has 10 heteroatoms. The highest BCUT2D eigenvalue weighted by Crippen LogP contribution is 2.26. The molecule has 0 atom stereocenters. The highest BCUT2D eigenvalue weighted by Gasteiger charge is 2.18. The van der Waals surface area contributed by atoms with E-state index in [1.165, 1.54) is 0 Å². The summed E-state index contributed by atoms with van der Waals surface area (Å²) >= 11 is 0. The van der Waals surface area contributed by atoms with E-state index in [-0.39, 0.29) is 42.4 Å². The van der Waals surface area contributed by atoms with Crippen molar-refractivity contribution in [2.45, 2.75) is 32.2 Å². The fourth-order valence-corrected chi connectivity index (χ4v) is 5.06. The molecule has 5 aromatic rings. The van der Waals surface area contributed by atoms with Crippen LogP contribution in [0.4, 0.5) is 5.69 Å². The van der Waals surface area contributed by atoms with Gasteiger partial charge in [-0.3, -0.25) is 15.6 Å². The van der Waals surface area contributed by atoms with Gasteiger partial charge in [-0.15, -0.1) is 24.8 Å². The van der Waals surface area contributed by atoms with E-state index in [1.54, 1.807) is 0 Å². The highest BCUT2D eigenvalue weighted by atomic mass is 35.5. The fourth-order valence-electron chi connectivity index (χ4n) is 5.06. The molecule has 6 N–H and O–H groups in total. The molecule has 0 saturated heterocycles. The summed E-state index contributed by atoms with van der Waals surface area (Å²) in [6.45, 7) is 0.463. The minimum atomic E-state index is 0. The smallest absolute Gasteiger partial charge is 0.227 e. The van der Waals surface area contributed by atoms with Gasteiger partial charge in [0.2, 0.25) is 5.91 Å². The number of nitrogens with two attached hydrogens (primary N) is 2. The fraction of sp³-hybridized carbons (Fsp3) is 0.176. The van der Waals surface area contributed by atoms with Gasteiger partial charge in [-0.05, 0) is 47.7 Å². The van der Waals surface area contributed by atoms with Gasteiger partial charge in [0.05, 0.1) is 17.6 Å².